The molecule has 1 aromatic heterocycles. The molecule has 0 fully saturated rings. The summed E-state index contributed by atoms with van der Waals surface area (Å²) >= 11 is 1.62. The molecule has 2 N–H and O–H groups in total. The van der Waals surface area contributed by atoms with Crippen molar-refractivity contribution >= 4 is 33.4 Å². The zero-order valence-electron chi connectivity index (χ0n) is 19.0. The summed E-state index contributed by atoms with van der Waals surface area (Å²) in [5, 5.41) is 0.947. The van der Waals surface area contributed by atoms with Gasteiger partial charge in [-0.2, -0.15) is 0 Å². The number of allylic oxidation sites excluding steroid dienone is 2. The molecule has 2 unspecified atom stereocenters. The van der Waals surface area contributed by atoms with Crippen molar-refractivity contribution in [3.63, 3.8) is 0 Å². The van der Waals surface area contributed by atoms with Crippen molar-refractivity contribution in [1.29, 1.82) is 0 Å². The van der Waals surface area contributed by atoms with Crippen LogP contribution in [0.15, 0.2) is 91.0 Å². The SMILES string of the molecule is O=C(COc1ccccc1-c1ccccc1)NNC(=O)C1CC=CCC1c1nc2ccccc2s1. The van der Waals surface area contributed by atoms with Crippen molar-refractivity contribution in [3.05, 3.63) is 96.0 Å². The molecular formula is C28H25N3O3S. The Morgan fingerprint density at radius 2 is 1.63 bits per heavy atom. The molecule has 7 heteroatoms. The fourth-order valence-corrected chi connectivity index (χ4v) is 5.42. The van der Waals surface area contributed by atoms with Gasteiger partial charge in [0.25, 0.3) is 5.91 Å². The van der Waals surface area contributed by atoms with Crippen molar-refractivity contribution in [2.45, 2.75) is 18.8 Å². The summed E-state index contributed by atoms with van der Waals surface area (Å²) in [7, 11) is 0. The molecular weight excluding hydrogens is 458 g/mol. The number of carbonyl (C=O) groups is 2. The Kier molecular flexibility index (Phi) is 6.86. The average Bonchev–Trinajstić information content (AvgIpc) is 3.35. The number of hydrazine groups is 1. The van der Waals surface area contributed by atoms with E-state index in [1.807, 2.05) is 84.9 Å². The van der Waals surface area contributed by atoms with E-state index in [1.165, 1.54) is 0 Å². The number of ether oxygens (including phenoxy) is 1. The first kappa shape index (κ1) is 22.8. The molecule has 3 aromatic carbocycles. The van der Waals surface area contributed by atoms with E-state index >= 15 is 0 Å². The normalized spacial score (nSPS) is 17.1. The number of aromatic nitrogens is 1. The Hall–Kier alpha value is -3.97. The van der Waals surface area contributed by atoms with Crippen molar-refractivity contribution in [2.24, 2.45) is 5.92 Å². The maximum atomic E-state index is 13.0. The van der Waals surface area contributed by atoms with Gasteiger partial charge < -0.3 is 4.74 Å². The Labute approximate surface area is 207 Å². The highest BCUT2D eigenvalue weighted by molar-refractivity contribution is 7.18. The van der Waals surface area contributed by atoms with Crippen LogP contribution in [-0.4, -0.2) is 23.4 Å². The number of hydrogen-bond donors (Lipinski definition) is 2. The first-order chi connectivity index (χ1) is 17.2. The molecule has 1 heterocycles. The number of carbonyl (C=O) groups excluding carboxylic acids is 2. The van der Waals surface area contributed by atoms with E-state index in [-0.39, 0.29) is 24.3 Å². The third-order valence-electron chi connectivity index (χ3n) is 6.05. The zero-order chi connectivity index (χ0) is 24.0. The van der Waals surface area contributed by atoms with Crippen LogP contribution in [0.25, 0.3) is 21.3 Å². The molecule has 176 valence electrons. The number of para-hydroxylation sites is 2. The molecule has 2 amide bonds. The minimum atomic E-state index is -0.427. The summed E-state index contributed by atoms with van der Waals surface area (Å²) < 4.78 is 6.88. The van der Waals surface area contributed by atoms with E-state index in [0.29, 0.717) is 12.2 Å². The fraction of sp³-hybridized carbons (Fsp3) is 0.179. The molecule has 1 aliphatic carbocycles. The van der Waals surface area contributed by atoms with Gasteiger partial charge in [-0.15, -0.1) is 11.3 Å². The summed E-state index contributed by atoms with van der Waals surface area (Å²) in [4.78, 5) is 30.2. The van der Waals surface area contributed by atoms with Crippen molar-refractivity contribution in [1.82, 2.24) is 15.8 Å². The summed E-state index contributed by atoms with van der Waals surface area (Å²) in [6.45, 7) is -0.212. The van der Waals surface area contributed by atoms with Gasteiger partial charge in [-0.3, -0.25) is 20.4 Å². The zero-order valence-corrected chi connectivity index (χ0v) is 19.8. The second kappa shape index (κ2) is 10.5. The van der Waals surface area contributed by atoms with Crippen LogP contribution in [0.1, 0.15) is 23.8 Å². The van der Waals surface area contributed by atoms with Crippen LogP contribution < -0.4 is 15.6 Å². The maximum absolute atomic E-state index is 13.0. The largest absolute Gasteiger partial charge is 0.483 e. The van der Waals surface area contributed by atoms with E-state index in [4.69, 9.17) is 9.72 Å². The van der Waals surface area contributed by atoms with Gasteiger partial charge in [-0.05, 0) is 36.6 Å². The van der Waals surface area contributed by atoms with Crippen LogP contribution in [0.2, 0.25) is 0 Å². The predicted octanol–water partition coefficient (Wildman–Crippen LogP) is 5.24. The molecule has 0 saturated carbocycles. The van der Waals surface area contributed by atoms with Crippen LogP contribution in [0, 0.1) is 5.92 Å². The molecule has 2 atom stereocenters. The quantitative estimate of drug-likeness (QED) is 0.290. The highest BCUT2D eigenvalue weighted by Crippen LogP contribution is 2.38. The second-order valence-corrected chi connectivity index (χ2v) is 9.43. The van der Waals surface area contributed by atoms with E-state index in [9.17, 15) is 9.59 Å². The number of rotatable bonds is 6. The Bertz CT molecular complexity index is 1330. The van der Waals surface area contributed by atoms with Gasteiger partial charge >= 0.3 is 0 Å². The summed E-state index contributed by atoms with van der Waals surface area (Å²) in [6, 6.07) is 25.4. The minimum absolute atomic E-state index is 0.0247. The molecule has 35 heavy (non-hydrogen) atoms. The lowest BCUT2D eigenvalue weighted by Crippen LogP contribution is -2.47. The third kappa shape index (κ3) is 5.25. The lowest BCUT2D eigenvalue weighted by Gasteiger charge is -2.26. The Morgan fingerprint density at radius 3 is 2.49 bits per heavy atom. The van der Waals surface area contributed by atoms with Crippen molar-refractivity contribution in [3.8, 4) is 16.9 Å². The molecule has 6 nitrogen and oxygen atoms in total. The highest BCUT2D eigenvalue weighted by atomic mass is 32.1. The van der Waals surface area contributed by atoms with Gasteiger partial charge in [-0.1, -0.05) is 72.8 Å². The third-order valence-corrected chi connectivity index (χ3v) is 7.22. The highest BCUT2D eigenvalue weighted by Gasteiger charge is 2.32. The predicted molar refractivity (Wildman–Crippen MR) is 138 cm³/mol. The average molecular weight is 484 g/mol. The standard InChI is InChI=1S/C28H25N3O3S/c32-26(18-34-24-16-8-6-12-20(24)19-10-2-1-3-11-19)30-31-27(33)21-13-4-5-14-22(21)28-29-23-15-7-9-17-25(23)35-28/h1-12,15-17,21-22H,13-14,18H2,(H,30,32)(H,31,33). The number of fused-ring (bicyclic) bond motifs is 1. The number of nitrogens with one attached hydrogen (secondary N) is 2. The molecule has 0 aliphatic heterocycles. The monoisotopic (exact) mass is 483 g/mol. The lowest BCUT2D eigenvalue weighted by atomic mass is 9.83. The molecule has 0 bridgehead atoms. The van der Waals surface area contributed by atoms with Crippen LogP contribution in [-0.2, 0) is 9.59 Å². The number of benzene rings is 3. The van der Waals surface area contributed by atoms with Gasteiger partial charge in [0.15, 0.2) is 6.61 Å². The molecule has 0 spiro atoms. The van der Waals surface area contributed by atoms with Crippen LogP contribution in [0.5, 0.6) is 5.75 Å². The molecule has 0 saturated heterocycles. The van der Waals surface area contributed by atoms with E-state index in [1.54, 1.807) is 11.3 Å². The van der Waals surface area contributed by atoms with Crippen molar-refractivity contribution in [2.75, 3.05) is 6.61 Å². The summed E-state index contributed by atoms with van der Waals surface area (Å²) in [5.74, 6) is -0.377. The van der Waals surface area contributed by atoms with Crippen molar-refractivity contribution < 1.29 is 14.3 Å². The van der Waals surface area contributed by atoms with Crippen LogP contribution in [0.3, 0.4) is 0 Å². The topological polar surface area (TPSA) is 80.3 Å². The van der Waals surface area contributed by atoms with E-state index < -0.39 is 5.91 Å². The number of thiazole rings is 1. The number of hydrogen-bond acceptors (Lipinski definition) is 5. The smallest absolute Gasteiger partial charge is 0.276 e. The Balaban J connectivity index is 1.19. The van der Waals surface area contributed by atoms with E-state index in [0.717, 1.165) is 32.8 Å². The first-order valence-electron chi connectivity index (χ1n) is 11.6. The summed E-state index contributed by atoms with van der Waals surface area (Å²) in [6.07, 6.45) is 5.45. The van der Waals surface area contributed by atoms with Gasteiger partial charge in [-0.25, -0.2) is 4.98 Å². The molecule has 4 aromatic rings. The summed E-state index contributed by atoms with van der Waals surface area (Å²) in [5.41, 5.74) is 7.95. The maximum Gasteiger partial charge on any atom is 0.276 e. The van der Waals surface area contributed by atoms with Crippen LogP contribution >= 0.6 is 11.3 Å². The molecule has 1 aliphatic rings. The molecule has 5 rings (SSSR count). The van der Waals surface area contributed by atoms with Gasteiger partial charge in [0.05, 0.1) is 21.1 Å². The lowest BCUT2D eigenvalue weighted by molar-refractivity contribution is -0.132. The van der Waals surface area contributed by atoms with Gasteiger partial charge in [0, 0.05) is 11.5 Å². The van der Waals surface area contributed by atoms with Gasteiger partial charge in [0.2, 0.25) is 5.91 Å². The van der Waals surface area contributed by atoms with E-state index in [2.05, 4.69) is 16.9 Å². The first-order valence-corrected chi connectivity index (χ1v) is 12.4. The van der Waals surface area contributed by atoms with Gasteiger partial charge in [0.1, 0.15) is 5.75 Å². The second-order valence-electron chi connectivity index (χ2n) is 8.36. The number of nitrogens with zero attached hydrogens (tertiary/aromatic N) is 1. The minimum Gasteiger partial charge on any atom is -0.483 e. The Morgan fingerprint density at radius 1 is 0.886 bits per heavy atom. The number of amides is 2. The fourth-order valence-electron chi connectivity index (χ4n) is 4.28. The molecule has 0 radical (unpaired) electrons. The van der Waals surface area contributed by atoms with Crippen LogP contribution in [0.4, 0.5) is 0 Å².